The molecule has 1 saturated heterocycles. The number of aryl methyl sites for hydroxylation is 1. The predicted octanol–water partition coefficient (Wildman–Crippen LogP) is 1.05. The van der Waals surface area contributed by atoms with Crippen molar-refractivity contribution in [1.29, 1.82) is 0 Å². The van der Waals surface area contributed by atoms with Gasteiger partial charge in [-0.15, -0.1) is 23.2 Å². The number of hydrazine groups is 1. The largest absolute Gasteiger partial charge is 0.324 e. The number of nitrogens with zero attached hydrogens (tertiary/aromatic N) is 2. The molecule has 1 aromatic carbocycles. The van der Waals surface area contributed by atoms with E-state index in [9.17, 15) is 18.0 Å². The molecular formula is C16H22Cl2N4O4S. The number of hydrogen-bond acceptors (Lipinski definition) is 5. The van der Waals surface area contributed by atoms with E-state index in [1.165, 1.54) is 14.1 Å². The molecule has 27 heavy (non-hydrogen) atoms. The van der Waals surface area contributed by atoms with Crippen LogP contribution >= 0.6 is 23.2 Å². The van der Waals surface area contributed by atoms with Crippen LogP contribution in [0.3, 0.4) is 0 Å². The number of amides is 2. The number of nitrogens with one attached hydrogen (secondary N) is 2. The second kappa shape index (κ2) is 8.32. The van der Waals surface area contributed by atoms with Gasteiger partial charge in [0.15, 0.2) is 0 Å². The Balaban J connectivity index is 2.21. The monoisotopic (exact) mass is 436 g/mol. The molecular weight excluding hydrogens is 415 g/mol. The molecule has 0 bridgehead atoms. The highest BCUT2D eigenvalue weighted by Gasteiger charge is 2.35. The van der Waals surface area contributed by atoms with Crippen molar-refractivity contribution in [2.45, 2.75) is 29.5 Å². The van der Waals surface area contributed by atoms with E-state index in [4.69, 9.17) is 23.2 Å². The Morgan fingerprint density at radius 1 is 1.33 bits per heavy atom. The zero-order valence-electron chi connectivity index (χ0n) is 15.4. The molecule has 1 heterocycles. The minimum absolute atomic E-state index is 0.142. The number of rotatable bonds is 5. The van der Waals surface area contributed by atoms with E-state index in [0.717, 1.165) is 9.31 Å². The average molecular weight is 437 g/mol. The fraction of sp³-hybridized carbons (Fsp3) is 0.500. The summed E-state index contributed by atoms with van der Waals surface area (Å²) < 4.78 is 26.2. The second-order valence-electron chi connectivity index (χ2n) is 6.42. The van der Waals surface area contributed by atoms with Crippen LogP contribution in [0.2, 0.25) is 0 Å². The van der Waals surface area contributed by atoms with Crippen molar-refractivity contribution in [2.24, 2.45) is 0 Å². The molecule has 2 rings (SSSR count). The van der Waals surface area contributed by atoms with Crippen LogP contribution in [-0.2, 0) is 19.6 Å². The fourth-order valence-corrected chi connectivity index (χ4v) is 4.41. The Kier molecular flexibility index (Phi) is 6.75. The molecule has 2 atom stereocenters. The quantitative estimate of drug-likeness (QED) is 0.672. The van der Waals surface area contributed by atoms with E-state index in [1.54, 1.807) is 26.0 Å². The maximum absolute atomic E-state index is 12.6. The smallest absolute Gasteiger partial charge is 0.256 e. The van der Waals surface area contributed by atoms with Crippen LogP contribution in [-0.4, -0.2) is 67.5 Å². The van der Waals surface area contributed by atoms with Crippen LogP contribution in [0.25, 0.3) is 0 Å². The Morgan fingerprint density at radius 3 is 2.56 bits per heavy atom. The zero-order chi connectivity index (χ0) is 20.5. The van der Waals surface area contributed by atoms with Gasteiger partial charge in [-0.3, -0.25) is 14.6 Å². The van der Waals surface area contributed by atoms with Gasteiger partial charge in [-0.25, -0.2) is 18.1 Å². The van der Waals surface area contributed by atoms with Crippen LogP contribution in [0.5, 0.6) is 0 Å². The molecule has 1 aromatic rings. The summed E-state index contributed by atoms with van der Waals surface area (Å²) in [4.78, 5) is 24.6. The molecule has 150 valence electrons. The van der Waals surface area contributed by atoms with Crippen molar-refractivity contribution in [3.63, 3.8) is 0 Å². The molecule has 2 unspecified atom stereocenters. The summed E-state index contributed by atoms with van der Waals surface area (Å²) in [6, 6.07) is 3.25. The molecule has 0 saturated carbocycles. The first-order valence-electron chi connectivity index (χ1n) is 8.12. The van der Waals surface area contributed by atoms with Crippen LogP contribution in [0.15, 0.2) is 17.0 Å². The molecule has 1 fully saturated rings. The van der Waals surface area contributed by atoms with E-state index in [-0.39, 0.29) is 18.0 Å². The molecule has 0 aromatic heterocycles. The highest BCUT2D eigenvalue weighted by molar-refractivity contribution is 7.89. The normalized spacial score (nSPS) is 20.9. The first-order chi connectivity index (χ1) is 12.5. The van der Waals surface area contributed by atoms with Crippen molar-refractivity contribution < 1.29 is 18.0 Å². The van der Waals surface area contributed by atoms with E-state index < -0.39 is 32.6 Å². The van der Waals surface area contributed by atoms with Gasteiger partial charge in [0.05, 0.1) is 10.3 Å². The minimum Gasteiger partial charge on any atom is -0.324 e. The van der Waals surface area contributed by atoms with Gasteiger partial charge in [-0.1, -0.05) is 6.07 Å². The fourth-order valence-electron chi connectivity index (χ4n) is 2.69. The van der Waals surface area contributed by atoms with Gasteiger partial charge in [0.2, 0.25) is 15.9 Å². The summed E-state index contributed by atoms with van der Waals surface area (Å²) in [5.74, 6) is -0.984. The lowest BCUT2D eigenvalue weighted by Gasteiger charge is -2.32. The number of benzene rings is 1. The lowest BCUT2D eigenvalue weighted by atomic mass is 10.1. The summed E-state index contributed by atoms with van der Waals surface area (Å²) in [6.07, 6.45) is 0. The maximum Gasteiger partial charge on any atom is 0.256 e. The van der Waals surface area contributed by atoms with Gasteiger partial charge in [-0.2, -0.15) is 0 Å². The summed E-state index contributed by atoms with van der Waals surface area (Å²) in [6.45, 7) is 3.28. The Labute approximate surface area is 168 Å². The van der Waals surface area contributed by atoms with Crippen molar-refractivity contribution in [1.82, 2.24) is 14.7 Å². The number of hydrogen-bond donors (Lipinski definition) is 2. The summed E-state index contributed by atoms with van der Waals surface area (Å²) in [5, 5.41) is 2.28. The Bertz CT molecular complexity index is 860. The standard InChI is InChI=1S/C16H22Cl2N4O4S/c1-9-5-6-12(10(2)15(9)27(25,26)21(3)4)20-13(23)8-22-16(24)14(18)11(17)7-19-22/h5-6,11,14,19H,7-8H2,1-4H3,(H,20,23). The Hall–Kier alpha value is -1.39. The van der Waals surface area contributed by atoms with Crippen LogP contribution < -0.4 is 10.7 Å². The molecule has 0 aliphatic carbocycles. The molecule has 0 spiro atoms. The van der Waals surface area contributed by atoms with Crippen molar-refractivity contribution in [3.05, 3.63) is 23.3 Å². The second-order valence-corrected chi connectivity index (χ2v) is 9.54. The van der Waals surface area contributed by atoms with Crippen molar-refractivity contribution >= 4 is 50.7 Å². The highest BCUT2D eigenvalue weighted by Crippen LogP contribution is 2.28. The number of alkyl halides is 2. The van der Waals surface area contributed by atoms with Gasteiger partial charge in [0.25, 0.3) is 5.91 Å². The Morgan fingerprint density at radius 2 is 1.96 bits per heavy atom. The van der Waals surface area contributed by atoms with Crippen LogP contribution in [0.1, 0.15) is 11.1 Å². The molecule has 2 amide bonds. The maximum atomic E-state index is 12.6. The van der Waals surface area contributed by atoms with Crippen LogP contribution in [0, 0.1) is 13.8 Å². The number of carbonyl (C=O) groups is 2. The summed E-state index contributed by atoms with van der Waals surface area (Å²) in [7, 11) is -0.784. The summed E-state index contributed by atoms with van der Waals surface area (Å²) >= 11 is 11.8. The molecule has 2 N–H and O–H groups in total. The SMILES string of the molecule is Cc1ccc(NC(=O)CN2NCC(Cl)C(Cl)C2=O)c(C)c1S(=O)(=O)N(C)C. The first kappa shape index (κ1) is 21.9. The minimum atomic E-state index is -3.67. The predicted molar refractivity (Wildman–Crippen MR) is 104 cm³/mol. The van der Waals surface area contributed by atoms with Gasteiger partial charge in [0.1, 0.15) is 11.9 Å². The van der Waals surface area contributed by atoms with Crippen molar-refractivity contribution in [3.8, 4) is 0 Å². The van der Waals surface area contributed by atoms with E-state index in [1.807, 2.05) is 0 Å². The number of anilines is 1. The van der Waals surface area contributed by atoms with Crippen molar-refractivity contribution in [2.75, 3.05) is 32.5 Å². The lowest BCUT2D eigenvalue weighted by Crippen LogP contribution is -2.58. The average Bonchev–Trinajstić information content (AvgIpc) is 2.58. The van der Waals surface area contributed by atoms with Gasteiger partial charge >= 0.3 is 0 Å². The van der Waals surface area contributed by atoms with E-state index >= 15 is 0 Å². The molecule has 1 aliphatic rings. The third-order valence-corrected chi connectivity index (χ3v) is 7.35. The number of sulfonamides is 1. The molecule has 11 heteroatoms. The van der Waals surface area contributed by atoms with Gasteiger partial charge in [0, 0.05) is 26.3 Å². The van der Waals surface area contributed by atoms with Crippen LogP contribution in [0.4, 0.5) is 5.69 Å². The lowest BCUT2D eigenvalue weighted by molar-refractivity contribution is -0.139. The third kappa shape index (κ3) is 4.55. The topological polar surface area (TPSA) is 98.8 Å². The number of carbonyl (C=O) groups excluding carboxylic acids is 2. The zero-order valence-corrected chi connectivity index (χ0v) is 17.7. The van der Waals surface area contributed by atoms with E-state index in [0.29, 0.717) is 16.8 Å². The van der Waals surface area contributed by atoms with E-state index in [2.05, 4.69) is 10.7 Å². The molecule has 1 aliphatic heterocycles. The van der Waals surface area contributed by atoms with Gasteiger partial charge < -0.3 is 5.32 Å². The number of halogens is 2. The first-order valence-corrected chi connectivity index (χ1v) is 10.4. The van der Waals surface area contributed by atoms with Gasteiger partial charge in [-0.05, 0) is 31.0 Å². The molecule has 8 nitrogen and oxygen atoms in total. The molecule has 0 radical (unpaired) electrons. The highest BCUT2D eigenvalue weighted by atomic mass is 35.5. The summed E-state index contributed by atoms with van der Waals surface area (Å²) in [5.41, 5.74) is 4.10. The third-order valence-electron chi connectivity index (χ3n) is 4.21.